The molecule has 2 bridgehead atoms. The lowest BCUT2D eigenvalue weighted by Crippen LogP contribution is -2.29. The number of benzene rings is 6. The van der Waals surface area contributed by atoms with Crippen molar-refractivity contribution in [1.29, 1.82) is 0 Å². The third kappa shape index (κ3) is 4.56. The first-order chi connectivity index (χ1) is 26.3. The molecule has 0 aliphatic carbocycles. The molecule has 0 amide bonds. The quantitative estimate of drug-likeness (QED) is 0.144. The second-order valence-electron chi connectivity index (χ2n) is 15.0. The highest BCUT2D eigenvalue weighted by Crippen LogP contribution is 3.25. The van der Waals surface area contributed by atoms with Gasteiger partial charge in [-0.2, -0.15) is 0 Å². The molecule has 2 nitrogen and oxygen atoms in total. The SMILES string of the molecule is CC(C)P1(=O)C(c2ccccc2)=C(c2ccccc2)C2(c3ccccc3)P1C1(c3ccccc3)C(c3ccccc3)=C(c3ccccc3)P2P1(=O)C(C)C. The molecule has 268 valence electrons. The summed E-state index contributed by atoms with van der Waals surface area (Å²) in [5, 5.41) is 2.20. The maximum Gasteiger partial charge on any atom is 0.141 e. The van der Waals surface area contributed by atoms with Gasteiger partial charge in [0.1, 0.15) is 18.6 Å². The maximum atomic E-state index is 17.9. The fourth-order valence-electron chi connectivity index (χ4n) is 9.68. The Morgan fingerprint density at radius 2 is 0.833 bits per heavy atom. The summed E-state index contributed by atoms with van der Waals surface area (Å²) in [6.07, 6.45) is 0. The van der Waals surface area contributed by atoms with Gasteiger partial charge in [0.15, 0.2) is 0 Å². The molecule has 54 heavy (non-hydrogen) atoms. The molecule has 0 radical (unpaired) electrons. The predicted octanol–water partition coefficient (Wildman–Crippen LogP) is 15.2. The highest BCUT2D eigenvalue weighted by atomic mass is 32.1. The van der Waals surface area contributed by atoms with Gasteiger partial charge < -0.3 is 9.13 Å². The second kappa shape index (κ2) is 13.4. The predicted molar refractivity (Wildman–Crippen MR) is 235 cm³/mol. The van der Waals surface area contributed by atoms with E-state index in [1.807, 2.05) is 0 Å². The first-order valence-electron chi connectivity index (χ1n) is 18.9. The molecule has 0 spiro atoms. The van der Waals surface area contributed by atoms with Crippen LogP contribution in [0.25, 0.3) is 21.8 Å². The van der Waals surface area contributed by atoms with Crippen LogP contribution in [0, 0.1) is 0 Å². The lowest BCUT2D eigenvalue weighted by Gasteiger charge is -2.49. The van der Waals surface area contributed by atoms with E-state index >= 15 is 9.13 Å². The standard InChI is InChI=1S/C48H44O2P4/c1-35(2)53(49)46(40-29-17-8-18-30-40)44(38-25-13-6-14-26-38)47(41-31-19-9-20-32-41)51-45(39-27-15-7-16-28-39)43(37-23-11-5-12-24-37)48(52(47)53,54(51,50)36(3)4)42-33-21-10-22-34-42/h5-36H,1-4H3. The van der Waals surface area contributed by atoms with E-state index in [2.05, 4.69) is 210 Å². The summed E-state index contributed by atoms with van der Waals surface area (Å²) in [5.74, 6) is 0. The average molecular weight is 777 g/mol. The molecular weight excluding hydrogens is 732 g/mol. The molecule has 6 heteroatoms. The molecule has 1 fully saturated rings. The van der Waals surface area contributed by atoms with E-state index in [1.165, 1.54) is 5.31 Å². The lowest BCUT2D eigenvalue weighted by molar-refractivity contribution is 0.572. The number of hydrogen-bond donors (Lipinski definition) is 0. The van der Waals surface area contributed by atoms with Crippen molar-refractivity contribution in [3.63, 3.8) is 0 Å². The van der Waals surface area contributed by atoms with Crippen molar-refractivity contribution in [2.24, 2.45) is 0 Å². The van der Waals surface area contributed by atoms with Crippen molar-refractivity contribution in [1.82, 2.24) is 0 Å². The van der Waals surface area contributed by atoms with Crippen molar-refractivity contribution in [2.75, 3.05) is 0 Å². The number of allylic oxidation sites excluding steroid dienone is 2. The zero-order chi connectivity index (χ0) is 37.3. The van der Waals surface area contributed by atoms with Crippen LogP contribution in [0.4, 0.5) is 0 Å². The van der Waals surface area contributed by atoms with Crippen LogP contribution in [0.1, 0.15) is 61.1 Å². The Bertz CT molecular complexity index is 2500. The summed E-state index contributed by atoms with van der Waals surface area (Å²) < 4.78 is 35.7. The zero-order valence-corrected chi connectivity index (χ0v) is 34.7. The Kier molecular flexibility index (Phi) is 8.89. The maximum absolute atomic E-state index is 17.9. The van der Waals surface area contributed by atoms with E-state index in [0.29, 0.717) is 0 Å². The fourth-order valence-corrected chi connectivity index (χ4v) is 46.8. The largest absolute Gasteiger partial charge is 0.317 e. The van der Waals surface area contributed by atoms with Crippen LogP contribution in [0.2, 0.25) is 0 Å². The molecule has 0 saturated carbocycles. The molecule has 0 aromatic heterocycles. The van der Waals surface area contributed by atoms with E-state index in [4.69, 9.17) is 0 Å². The molecule has 6 atom stereocenters. The Labute approximate surface area is 322 Å². The molecule has 3 aliphatic heterocycles. The van der Waals surface area contributed by atoms with Crippen molar-refractivity contribution in [3.05, 3.63) is 215 Å². The minimum absolute atomic E-state index is 0.171. The van der Waals surface area contributed by atoms with Crippen LogP contribution in [-0.4, -0.2) is 11.3 Å². The number of fused-ring (bicyclic) bond motifs is 5. The topological polar surface area (TPSA) is 34.1 Å². The van der Waals surface area contributed by atoms with Gasteiger partial charge in [0.2, 0.25) is 0 Å². The highest BCUT2D eigenvalue weighted by molar-refractivity contribution is 8.56. The van der Waals surface area contributed by atoms with E-state index < -0.39 is 38.7 Å². The third-order valence-corrected chi connectivity index (χ3v) is 38.1. The van der Waals surface area contributed by atoms with Crippen LogP contribution in [0.15, 0.2) is 182 Å². The average Bonchev–Trinajstić information content (AvgIpc) is 3.72. The molecule has 6 unspecified atom stereocenters. The molecule has 3 aliphatic rings. The van der Waals surface area contributed by atoms with Crippen LogP contribution >= 0.6 is 28.9 Å². The fraction of sp³-hybridized carbons (Fsp3) is 0.167. The molecule has 1 saturated heterocycles. The summed E-state index contributed by atoms with van der Waals surface area (Å²) in [5.41, 5.74) is 8.39. The van der Waals surface area contributed by atoms with Crippen molar-refractivity contribution >= 4 is 50.7 Å². The van der Waals surface area contributed by atoms with Gasteiger partial charge in [-0.3, -0.25) is 0 Å². The summed E-state index contributed by atoms with van der Waals surface area (Å²) in [4.78, 5) is -1.78. The van der Waals surface area contributed by atoms with E-state index in [0.717, 1.165) is 49.8 Å². The Balaban J connectivity index is 1.63. The van der Waals surface area contributed by atoms with Crippen molar-refractivity contribution in [2.45, 2.75) is 48.8 Å². The van der Waals surface area contributed by atoms with Gasteiger partial charge in [-0.25, -0.2) is 0 Å². The van der Waals surface area contributed by atoms with Crippen LogP contribution in [-0.2, 0) is 18.9 Å². The Morgan fingerprint density at radius 1 is 0.444 bits per heavy atom. The first kappa shape index (κ1) is 35.8. The van der Waals surface area contributed by atoms with Gasteiger partial charge in [-0.05, 0) is 49.8 Å². The molecule has 6 aromatic rings. The lowest BCUT2D eigenvalue weighted by atomic mass is 9.93. The minimum Gasteiger partial charge on any atom is -0.317 e. The monoisotopic (exact) mass is 776 g/mol. The highest BCUT2D eigenvalue weighted by Gasteiger charge is 2.87. The van der Waals surface area contributed by atoms with Gasteiger partial charge in [0.05, 0.1) is 4.90 Å². The second-order valence-corrected chi connectivity index (χ2v) is 31.1. The summed E-state index contributed by atoms with van der Waals surface area (Å²) in [7, 11) is -3.21. The van der Waals surface area contributed by atoms with Gasteiger partial charge in [0.25, 0.3) is 0 Å². The number of rotatable bonds is 8. The van der Waals surface area contributed by atoms with Crippen LogP contribution in [0.3, 0.4) is 0 Å². The molecule has 3 heterocycles. The smallest absolute Gasteiger partial charge is 0.141 e. The normalized spacial score (nSPS) is 28.6. The Hall–Kier alpha value is -3.88. The van der Waals surface area contributed by atoms with Crippen LogP contribution < -0.4 is 0 Å². The molecule has 6 aromatic carbocycles. The summed E-state index contributed by atoms with van der Waals surface area (Å²) in [6.45, 7) is 1.91. The number of hydrogen-bond acceptors (Lipinski definition) is 2. The summed E-state index contributed by atoms with van der Waals surface area (Å²) >= 11 is 0. The minimum atomic E-state index is -3.44. The Morgan fingerprint density at radius 3 is 1.28 bits per heavy atom. The van der Waals surface area contributed by atoms with E-state index in [1.54, 1.807) is 0 Å². The molecule has 9 rings (SSSR count). The van der Waals surface area contributed by atoms with Gasteiger partial charge >= 0.3 is 0 Å². The van der Waals surface area contributed by atoms with Crippen molar-refractivity contribution in [3.8, 4) is 0 Å². The van der Waals surface area contributed by atoms with Gasteiger partial charge in [0, 0.05) is 31.9 Å². The zero-order valence-electron chi connectivity index (χ0n) is 31.1. The van der Waals surface area contributed by atoms with E-state index in [-0.39, 0.29) is 11.3 Å². The van der Waals surface area contributed by atoms with Crippen molar-refractivity contribution < 1.29 is 9.13 Å². The first-order valence-corrected chi connectivity index (χ1v) is 26.5. The molecular formula is C48H44O2P4. The van der Waals surface area contributed by atoms with Gasteiger partial charge in [-0.1, -0.05) is 210 Å². The van der Waals surface area contributed by atoms with E-state index in [9.17, 15) is 0 Å². The summed E-state index contributed by atoms with van der Waals surface area (Å²) in [6, 6.07) is 64.4. The third-order valence-electron chi connectivity index (χ3n) is 11.7. The van der Waals surface area contributed by atoms with Crippen LogP contribution in [0.5, 0.6) is 0 Å². The molecule has 0 N–H and O–H groups in total. The van der Waals surface area contributed by atoms with Gasteiger partial charge in [-0.15, -0.1) is 0 Å².